The van der Waals surface area contributed by atoms with Crippen molar-refractivity contribution in [3.63, 3.8) is 0 Å². The average Bonchev–Trinajstić information content (AvgIpc) is 2.33. The molecule has 0 N–H and O–H groups in total. The van der Waals surface area contributed by atoms with E-state index in [0.717, 1.165) is 12.2 Å². The van der Waals surface area contributed by atoms with Crippen molar-refractivity contribution in [3.05, 3.63) is 64.9 Å². The van der Waals surface area contributed by atoms with Crippen LogP contribution in [0, 0.1) is 6.92 Å². The molecule has 0 saturated heterocycles. The van der Waals surface area contributed by atoms with Gasteiger partial charge in [-0.25, -0.2) is 0 Å². The largest absolute Gasteiger partial charge is 0.341 e. The van der Waals surface area contributed by atoms with Gasteiger partial charge >= 0.3 is 0 Å². The lowest BCUT2D eigenvalue weighted by atomic mass is 10.0. The van der Waals surface area contributed by atoms with E-state index in [1.807, 2.05) is 6.08 Å². The molecule has 0 aliphatic carbocycles. The molecule has 1 aromatic rings. The van der Waals surface area contributed by atoms with Gasteiger partial charge in [-0.3, -0.25) is 0 Å². The fourth-order valence-corrected chi connectivity index (χ4v) is 2.23. The first-order valence-corrected chi connectivity index (χ1v) is 6.13. The molecule has 0 fully saturated rings. The van der Waals surface area contributed by atoms with Crippen LogP contribution in [0.2, 0.25) is 0 Å². The minimum atomic E-state index is 0.712. The number of allylic oxidation sites excluding steroid dienone is 3. The zero-order valence-corrected chi connectivity index (χ0v) is 11.0. The van der Waals surface area contributed by atoms with Crippen LogP contribution >= 0.6 is 11.6 Å². The molecule has 0 aromatic heterocycles. The molecule has 0 saturated carbocycles. The van der Waals surface area contributed by atoms with Crippen LogP contribution in [0.3, 0.4) is 0 Å². The number of hydrogen-bond donors (Lipinski definition) is 0. The van der Waals surface area contributed by atoms with Crippen LogP contribution in [0.15, 0.2) is 53.7 Å². The van der Waals surface area contributed by atoms with Gasteiger partial charge in [-0.1, -0.05) is 42.4 Å². The summed E-state index contributed by atoms with van der Waals surface area (Å²) < 4.78 is 0. The molecule has 0 radical (unpaired) electrons. The third-order valence-corrected chi connectivity index (χ3v) is 3.36. The lowest BCUT2D eigenvalue weighted by Gasteiger charge is -2.31. The van der Waals surface area contributed by atoms with Gasteiger partial charge < -0.3 is 4.90 Å². The molecular weight excluding hydrogens is 230 g/mol. The number of benzene rings is 1. The SMILES string of the molecule is C=C1C(Cl)=CC=C(c2ccccc2C)N1CC. The molecule has 1 aromatic carbocycles. The van der Waals surface area contributed by atoms with Crippen LogP contribution in [-0.2, 0) is 0 Å². The molecule has 0 amide bonds. The maximum absolute atomic E-state index is 6.11. The van der Waals surface area contributed by atoms with Crippen molar-refractivity contribution >= 4 is 17.3 Å². The summed E-state index contributed by atoms with van der Waals surface area (Å²) in [7, 11) is 0. The van der Waals surface area contributed by atoms with Gasteiger partial charge in [0.05, 0.1) is 10.7 Å². The smallest absolute Gasteiger partial charge is 0.0637 e. The van der Waals surface area contributed by atoms with Crippen LogP contribution < -0.4 is 0 Å². The van der Waals surface area contributed by atoms with Gasteiger partial charge in [-0.2, -0.15) is 0 Å². The van der Waals surface area contributed by atoms with Gasteiger partial charge in [0.15, 0.2) is 0 Å². The zero-order valence-electron chi connectivity index (χ0n) is 10.2. The van der Waals surface area contributed by atoms with Crippen LogP contribution in [0.1, 0.15) is 18.1 Å². The van der Waals surface area contributed by atoms with Crippen molar-refractivity contribution in [1.82, 2.24) is 4.90 Å². The predicted molar refractivity (Wildman–Crippen MR) is 74.6 cm³/mol. The summed E-state index contributed by atoms with van der Waals surface area (Å²) in [5, 5.41) is 0.712. The van der Waals surface area contributed by atoms with E-state index in [2.05, 4.69) is 55.7 Å². The summed E-state index contributed by atoms with van der Waals surface area (Å²) in [6.07, 6.45) is 3.97. The average molecular weight is 246 g/mol. The number of hydrogen-bond acceptors (Lipinski definition) is 1. The third kappa shape index (κ3) is 2.16. The Bertz CT molecular complexity index is 511. The number of likely N-dealkylation sites (N-methyl/N-ethyl adjacent to an activating group) is 1. The van der Waals surface area contributed by atoms with E-state index in [4.69, 9.17) is 11.6 Å². The summed E-state index contributed by atoms with van der Waals surface area (Å²) in [5.74, 6) is 0. The molecule has 0 atom stereocenters. The Hall–Kier alpha value is -1.47. The van der Waals surface area contributed by atoms with Crippen LogP contribution in [0.4, 0.5) is 0 Å². The predicted octanol–water partition coefficient (Wildman–Crippen LogP) is 4.31. The number of rotatable bonds is 2. The van der Waals surface area contributed by atoms with Gasteiger partial charge in [-0.05, 0) is 31.6 Å². The highest BCUT2D eigenvalue weighted by Crippen LogP contribution is 2.33. The van der Waals surface area contributed by atoms with Gasteiger partial charge in [0.2, 0.25) is 0 Å². The normalized spacial score (nSPS) is 15.7. The van der Waals surface area contributed by atoms with E-state index >= 15 is 0 Å². The van der Waals surface area contributed by atoms with Gasteiger partial charge in [0.25, 0.3) is 0 Å². The van der Waals surface area contributed by atoms with E-state index in [9.17, 15) is 0 Å². The molecule has 1 nitrogen and oxygen atoms in total. The molecule has 88 valence electrons. The quantitative estimate of drug-likeness (QED) is 0.751. The first kappa shape index (κ1) is 12.0. The van der Waals surface area contributed by atoms with Gasteiger partial charge in [-0.15, -0.1) is 0 Å². The fraction of sp³-hybridized carbons (Fsp3) is 0.200. The summed E-state index contributed by atoms with van der Waals surface area (Å²) in [4.78, 5) is 2.14. The van der Waals surface area contributed by atoms with Gasteiger partial charge in [0, 0.05) is 17.8 Å². The van der Waals surface area contributed by atoms with E-state index in [0.29, 0.717) is 5.03 Å². The molecular formula is C15H16ClN. The topological polar surface area (TPSA) is 3.24 Å². The monoisotopic (exact) mass is 245 g/mol. The number of halogens is 1. The zero-order chi connectivity index (χ0) is 12.4. The Morgan fingerprint density at radius 1 is 1.24 bits per heavy atom. The minimum Gasteiger partial charge on any atom is -0.341 e. The Balaban J connectivity index is 2.51. The molecule has 0 unspecified atom stereocenters. The minimum absolute atomic E-state index is 0.712. The Labute approximate surface area is 108 Å². The molecule has 0 spiro atoms. The summed E-state index contributed by atoms with van der Waals surface area (Å²) >= 11 is 6.11. The van der Waals surface area contributed by atoms with Gasteiger partial charge in [0.1, 0.15) is 0 Å². The molecule has 0 bridgehead atoms. The second kappa shape index (κ2) is 4.80. The van der Waals surface area contributed by atoms with Crippen molar-refractivity contribution in [1.29, 1.82) is 0 Å². The maximum Gasteiger partial charge on any atom is 0.0637 e. The highest BCUT2D eigenvalue weighted by Gasteiger charge is 2.19. The molecule has 1 heterocycles. The van der Waals surface area contributed by atoms with E-state index in [1.54, 1.807) is 0 Å². The summed E-state index contributed by atoms with van der Waals surface area (Å²) in [6.45, 7) is 9.12. The molecule has 2 heteroatoms. The standard InChI is InChI=1S/C15H16ClN/c1-4-17-12(3)14(16)9-10-15(17)13-8-6-5-7-11(13)2/h5-10H,3-4H2,1-2H3. The Morgan fingerprint density at radius 3 is 2.59 bits per heavy atom. The molecule has 1 aliphatic rings. The first-order chi connectivity index (χ1) is 8.15. The van der Waals surface area contributed by atoms with E-state index < -0.39 is 0 Å². The lowest BCUT2D eigenvalue weighted by molar-refractivity contribution is 0.527. The second-order valence-electron chi connectivity index (χ2n) is 4.07. The Kier molecular flexibility index (Phi) is 3.39. The first-order valence-electron chi connectivity index (χ1n) is 5.75. The van der Waals surface area contributed by atoms with E-state index in [-0.39, 0.29) is 0 Å². The molecule has 2 rings (SSSR count). The van der Waals surface area contributed by atoms with Crippen LogP contribution in [0.5, 0.6) is 0 Å². The molecule has 17 heavy (non-hydrogen) atoms. The Morgan fingerprint density at radius 2 is 1.94 bits per heavy atom. The highest BCUT2D eigenvalue weighted by molar-refractivity contribution is 6.32. The van der Waals surface area contributed by atoms with E-state index in [1.165, 1.54) is 16.8 Å². The van der Waals surface area contributed by atoms with Crippen molar-refractivity contribution in [2.24, 2.45) is 0 Å². The summed E-state index contributed by atoms with van der Waals surface area (Å²) in [6, 6.07) is 8.35. The highest BCUT2D eigenvalue weighted by atomic mass is 35.5. The third-order valence-electron chi connectivity index (χ3n) is 3.02. The lowest BCUT2D eigenvalue weighted by Crippen LogP contribution is -2.23. The van der Waals surface area contributed by atoms with Crippen molar-refractivity contribution in [3.8, 4) is 0 Å². The number of nitrogens with zero attached hydrogens (tertiary/aromatic N) is 1. The second-order valence-corrected chi connectivity index (χ2v) is 4.48. The van der Waals surface area contributed by atoms with Crippen molar-refractivity contribution < 1.29 is 0 Å². The summed E-state index contributed by atoms with van der Waals surface area (Å²) in [5.41, 5.74) is 4.53. The molecule has 1 aliphatic heterocycles. The van der Waals surface area contributed by atoms with Crippen molar-refractivity contribution in [2.45, 2.75) is 13.8 Å². The fourth-order valence-electron chi connectivity index (χ4n) is 2.07. The maximum atomic E-state index is 6.11. The van der Waals surface area contributed by atoms with Crippen LogP contribution in [-0.4, -0.2) is 11.4 Å². The van der Waals surface area contributed by atoms with Crippen molar-refractivity contribution in [2.75, 3.05) is 6.54 Å². The number of aryl methyl sites for hydroxylation is 1. The van der Waals surface area contributed by atoms with Crippen LogP contribution in [0.25, 0.3) is 5.70 Å².